The molecule has 120 valence electrons. The van der Waals surface area contributed by atoms with Crippen molar-refractivity contribution < 1.29 is 8.42 Å². The molecule has 0 unspecified atom stereocenters. The van der Waals surface area contributed by atoms with Crippen molar-refractivity contribution in [2.24, 2.45) is 11.1 Å². The maximum atomic E-state index is 12.8. The normalized spacial score (nSPS) is 12.9. The minimum atomic E-state index is -3.64. The second-order valence-electron chi connectivity index (χ2n) is 5.81. The highest BCUT2D eigenvalue weighted by atomic mass is 35.5. The molecule has 4 nitrogen and oxygen atoms in total. The van der Waals surface area contributed by atoms with E-state index in [0.717, 1.165) is 0 Å². The Bertz CT molecular complexity index is 568. The van der Waals surface area contributed by atoms with Crippen molar-refractivity contribution in [3.63, 3.8) is 0 Å². The summed E-state index contributed by atoms with van der Waals surface area (Å²) >= 11 is 11.8. The monoisotopic (exact) mass is 352 g/mol. The van der Waals surface area contributed by atoms with Gasteiger partial charge in [0.15, 0.2) is 0 Å². The molecule has 0 aliphatic carbocycles. The number of rotatable bonds is 7. The smallest absolute Gasteiger partial charge is 0.243 e. The first-order chi connectivity index (χ1) is 9.62. The third-order valence-corrected chi connectivity index (χ3v) is 5.36. The highest BCUT2D eigenvalue weighted by Gasteiger charge is 2.30. The van der Waals surface area contributed by atoms with Crippen molar-refractivity contribution in [1.29, 1.82) is 0 Å². The molecule has 7 heteroatoms. The van der Waals surface area contributed by atoms with Crippen LogP contribution in [0.25, 0.3) is 0 Å². The number of halogens is 2. The summed E-state index contributed by atoms with van der Waals surface area (Å²) in [6.45, 7) is 6.99. The third kappa shape index (κ3) is 5.11. The molecule has 0 amide bonds. The SMILES string of the molecule is CCCN(CC(C)(C)CN)S(=O)(=O)c1cc(Cl)cc(Cl)c1. The molecule has 1 aromatic rings. The largest absolute Gasteiger partial charge is 0.330 e. The van der Waals surface area contributed by atoms with E-state index in [9.17, 15) is 8.42 Å². The highest BCUT2D eigenvalue weighted by molar-refractivity contribution is 7.89. The molecule has 0 aliphatic rings. The summed E-state index contributed by atoms with van der Waals surface area (Å²) in [5, 5.41) is 0.603. The first kappa shape index (κ1) is 18.7. The zero-order valence-corrected chi connectivity index (χ0v) is 14.9. The maximum Gasteiger partial charge on any atom is 0.243 e. The Labute approximate surface area is 137 Å². The van der Waals surface area contributed by atoms with E-state index in [4.69, 9.17) is 28.9 Å². The Kier molecular flexibility index (Phi) is 6.50. The first-order valence-electron chi connectivity index (χ1n) is 6.78. The fourth-order valence-corrected chi connectivity index (χ4v) is 4.35. The molecule has 0 saturated carbocycles. The van der Waals surface area contributed by atoms with Crippen LogP contribution in [-0.4, -0.2) is 32.4 Å². The van der Waals surface area contributed by atoms with E-state index in [1.54, 1.807) is 0 Å². The lowest BCUT2D eigenvalue weighted by Gasteiger charge is -2.31. The molecule has 0 aliphatic heterocycles. The minimum absolute atomic E-state index is 0.112. The molecule has 0 fully saturated rings. The second-order valence-corrected chi connectivity index (χ2v) is 8.62. The van der Waals surface area contributed by atoms with Crippen molar-refractivity contribution in [3.05, 3.63) is 28.2 Å². The maximum absolute atomic E-state index is 12.8. The van der Waals surface area contributed by atoms with E-state index in [0.29, 0.717) is 36.1 Å². The number of benzene rings is 1. The molecule has 0 saturated heterocycles. The van der Waals surface area contributed by atoms with E-state index in [-0.39, 0.29) is 10.3 Å². The Morgan fingerprint density at radius 3 is 2.14 bits per heavy atom. The van der Waals surface area contributed by atoms with Crippen LogP contribution in [0.1, 0.15) is 27.2 Å². The van der Waals surface area contributed by atoms with Gasteiger partial charge in [-0.1, -0.05) is 44.0 Å². The average Bonchev–Trinajstić information content (AvgIpc) is 2.37. The fraction of sp³-hybridized carbons (Fsp3) is 0.571. The van der Waals surface area contributed by atoms with Gasteiger partial charge >= 0.3 is 0 Å². The lowest BCUT2D eigenvalue weighted by atomic mass is 9.94. The van der Waals surface area contributed by atoms with E-state index in [1.165, 1.54) is 22.5 Å². The van der Waals surface area contributed by atoms with E-state index in [1.807, 2.05) is 20.8 Å². The van der Waals surface area contributed by atoms with Gasteiger partial charge in [-0.05, 0) is 36.6 Å². The standard InChI is InChI=1S/C14H22Cl2N2O2S/c1-4-5-18(10-14(2,3)9-17)21(19,20)13-7-11(15)6-12(16)8-13/h6-8H,4-5,9-10,17H2,1-3H3. The quantitative estimate of drug-likeness (QED) is 0.817. The summed E-state index contributed by atoms with van der Waals surface area (Å²) < 4.78 is 27.0. The number of nitrogens with two attached hydrogens (primary N) is 1. The highest BCUT2D eigenvalue weighted by Crippen LogP contribution is 2.27. The van der Waals surface area contributed by atoms with Crippen LogP contribution in [0.2, 0.25) is 10.0 Å². The summed E-state index contributed by atoms with van der Waals surface area (Å²) in [7, 11) is -3.64. The second kappa shape index (κ2) is 7.29. The Balaban J connectivity index is 3.21. The number of hydrogen-bond acceptors (Lipinski definition) is 3. The lowest BCUT2D eigenvalue weighted by molar-refractivity contribution is 0.266. The molecule has 0 bridgehead atoms. The van der Waals surface area contributed by atoms with Crippen LogP contribution in [0.3, 0.4) is 0 Å². The van der Waals surface area contributed by atoms with Crippen molar-refractivity contribution >= 4 is 33.2 Å². The molecule has 0 spiro atoms. The number of nitrogens with zero attached hydrogens (tertiary/aromatic N) is 1. The van der Waals surface area contributed by atoms with Gasteiger partial charge in [-0.3, -0.25) is 0 Å². The van der Waals surface area contributed by atoms with Gasteiger partial charge in [-0.15, -0.1) is 0 Å². The van der Waals surface area contributed by atoms with Crippen LogP contribution in [0, 0.1) is 5.41 Å². The van der Waals surface area contributed by atoms with Crippen LogP contribution in [-0.2, 0) is 10.0 Å². The summed E-state index contributed by atoms with van der Waals surface area (Å²) in [5.41, 5.74) is 5.42. The van der Waals surface area contributed by atoms with Gasteiger partial charge in [0.1, 0.15) is 0 Å². The van der Waals surface area contributed by atoms with Crippen molar-refractivity contribution in [2.45, 2.75) is 32.1 Å². The molecule has 1 aromatic carbocycles. The van der Waals surface area contributed by atoms with Crippen molar-refractivity contribution in [3.8, 4) is 0 Å². The predicted octanol–water partition coefficient (Wildman–Crippen LogP) is 3.38. The van der Waals surface area contributed by atoms with Crippen LogP contribution < -0.4 is 5.73 Å². The topological polar surface area (TPSA) is 63.4 Å². The van der Waals surface area contributed by atoms with Crippen LogP contribution in [0.15, 0.2) is 23.1 Å². The number of hydrogen-bond donors (Lipinski definition) is 1. The molecule has 1 rings (SSSR count). The van der Waals surface area contributed by atoms with E-state index < -0.39 is 10.0 Å². The molecular formula is C14H22Cl2N2O2S. The summed E-state index contributed by atoms with van der Waals surface area (Å²) in [5.74, 6) is 0. The summed E-state index contributed by atoms with van der Waals surface area (Å²) in [6, 6.07) is 4.35. The Morgan fingerprint density at radius 2 is 1.71 bits per heavy atom. The van der Waals surface area contributed by atoms with Gasteiger partial charge in [0.05, 0.1) is 4.90 Å². The molecular weight excluding hydrogens is 331 g/mol. The van der Waals surface area contributed by atoms with Gasteiger partial charge in [0.2, 0.25) is 10.0 Å². The van der Waals surface area contributed by atoms with Gasteiger partial charge < -0.3 is 5.73 Å². The molecule has 0 radical (unpaired) electrons. The Hall–Kier alpha value is -0.330. The third-order valence-electron chi connectivity index (χ3n) is 3.10. The molecule has 0 aromatic heterocycles. The van der Waals surface area contributed by atoms with Gasteiger partial charge in [-0.25, -0.2) is 8.42 Å². The average molecular weight is 353 g/mol. The minimum Gasteiger partial charge on any atom is -0.330 e. The van der Waals surface area contributed by atoms with E-state index >= 15 is 0 Å². The molecule has 0 heterocycles. The number of sulfonamides is 1. The zero-order chi connectivity index (χ0) is 16.3. The van der Waals surface area contributed by atoms with Crippen molar-refractivity contribution in [2.75, 3.05) is 19.6 Å². The first-order valence-corrected chi connectivity index (χ1v) is 8.98. The lowest BCUT2D eigenvalue weighted by Crippen LogP contribution is -2.42. The van der Waals surface area contributed by atoms with Crippen LogP contribution in [0.4, 0.5) is 0 Å². The van der Waals surface area contributed by atoms with Crippen LogP contribution >= 0.6 is 23.2 Å². The van der Waals surface area contributed by atoms with Crippen molar-refractivity contribution in [1.82, 2.24) is 4.31 Å². The van der Waals surface area contributed by atoms with Crippen LogP contribution in [0.5, 0.6) is 0 Å². The zero-order valence-electron chi connectivity index (χ0n) is 12.6. The molecule has 0 atom stereocenters. The molecule has 21 heavy (non-hydrogen) atoms. The van der Waals surface area contributed by atoms with Gasteiger partial charge in [-0.2, -0.15) is 4.31 Å². The van der Waals surface area contributed by atoms with E-state index in [2.05, 4.69) is 0 Å². The summed E-state index contributed by atoms with van der Waals surface area (Å²) in [6.07, 6.45) is 0.716. The summed E-state index contributed by atoms with van der Waals surface area (Å²) in [4.78, 5) is 0.112. The van der Waals surface area contributed by atoms with Gasteiger partial charge in [0, 0.05) is 23.1 Å². The Morgan fingerprint density at radius 1 is 1.19 bits per heavy atom. The predicted molar refractivity (Wildman–Crippen MR) is 88.3 cm³/mol. The van der Waals surface area contributed by atoms with Gasteiger partial charge in [0.25, 0.3) is 0 Å². The molecule has 2 N–H and O–H groups in total. The fourth-order valence-electron chi connectivity index (χ4n) is 1.90.